The third-order valence-corrected chi connectivity index (χ3v) is 4.86. The van der Waals surface area contributed by atoms with Crippen LogP contribution in [0.15, 0.2) is 24.3 Å². The van der Waals surface area contributed by atoms with Gasteiger partial charge in [-0.1, -0.05) is 18.3 Å². The number of amides is 2. The highest BCUT2D eigenvalue weighted by Gasteiger charge is 2.34. The highest BCUT2D eigenvalue weighted by Crippen LogP contribution is 2.25. The van der Waals surface area contributed by atoms with Crippen LogP contribution in [-0.4, -0.2) is 49.4 Å². The second-order valence-electron chi connectivity index (χ2n) is 6.79. The number of rotatable bonds is 4. The Hall–Kier alpha value is -2.39. The molecule has 0 saturated carbocycles. The van der Waals surface area contributed by atoms with Crippen LogP contribution in [0.25, 0.3) is 0 Å². The van der Waals surface area contributed by atoms with Crippen LogP contribution >= 0.6 is 0 Å². The first-order chi connectivity index (χ1) is 12.6. The molecule has 5 nitrogen and oxygen atoms in total. The number of benzene rings is 1. The Morgan fingerprint density at radius 1 is 1.15 bits per heavy atom. The standard InChI is InChI=1S/C20H24FN3O2/c21-17-6-8-18(9-7-17)24-15-16(14-19(24)25)20(26)22-10-2-5-13-23-11-3-1-4-12-23/h6-9,16H,1,3-4,10-15H2,(H,22,26)/t16-/m1/s1. The topological polar surface area (TPSA) is 52.7 Å². The minimum absolute atomic E-state index is 0.118. The molecule has 0 unspecified atom stereocenters. The third-order valence-electron chi connectivity index (χ3n) is 4.86. The molecule has 26 heavy (non-hydrogen) atoms. The lowest BCUT2D eigenvalue weighted by molar-refractivity contribution is -0.126. The maximum atomic E-state index is 13.0. The highest BCUT2D eigenvalue weighted by molar-refractivity contribution is 6.00. The van der Waals surface area contributed by atoms with Crippen LogP contribution in [0.5, 0.6) is 0 Å². The monoisotopic (exact) mass is 357 g/mol. The summed E-state index contributed by atoms with van der Waals surface area (Å²) in [6, 6.07) is 5.74. The van der Waals surface area contributed by atoms with E-state index in [-0.39, 0.29) is 24.1 Å². The van der Waals surface area contributed by atoms with Crippen molar-refractivity contribution in [1.82, 2.24) is 10.2 Å². The van der Waals surface area contributed by atoms with Crippen LogP contribution in [-0.2, 0) is 9.59 Å². The van der Waals surface area contributed by atoms with Gasteiger partial charge in [0, 0.05) is 18.7 Å². The first kappa shape index (κ1) is 18.4. The molecule has 2 aliphatic rings. The molecule has 2 fully saturated rings. The van der Waals surface area contributed by atoms with Crippen LogP contribution in [0.4, 0.5) is 10.1 Å². The van der Waals surface area contributed by atoms with E-state index in [0.717, 1.165) is 19.6 Å². The number of nitrogens with one attached hydrogen (secondary N) is 1. The Bertz CT molecular complexity index is 702. The number of nitrogens with zero attached hydrogens (tertiary/aromatic N) is 2. The number of anilines is 1. The minimum atomic E-state index is -0.392. The van der Waals surface area contributed by atoms with Crippen LogP contribution < -0.4 is 10.2 Å². The molecule has 2 amide bonds. The van der Waals surface area contributed by atoms with E-state index in [4.69, 9.17) is 0 Å². The lowest BCUT2D eigenvalue weighted by Gasteiger charge is -2.23. The molecular formula is C20H24FN3O2. The van der Waals surface area contributed by atoms with Gasteiger partial charge in [-0.3, -0.25) is 14.5 Å². The molecule has 3 rings (SSSR count). The number of halogens is 1. The van der Waals surface area contributed by atoms with Crippen LogP contribution in [0.3, 0.4) is 0 Å². The summed E-state index contributed by atoms with van der Waals surface area (Å²) in [5.74, 6) is 5.07. The van der Waals surface area contributed by atoms with Gasteiger partial charge in [0.1, 0.15) is 5.82 Å². The molecular weight excluding hydrogens is 333 g/mol. The summed E-state index contributed by atoms with van der Waals surface area (Å²) >= 11 is 0. The fourth-order valence-corrected chi connectivity index (χ4v) is 3.38. The van der Waals surface area contributed by atoms with E-state index in [1.165, 1.54) is 36.3 Å². The number of hydrogen-bond donors (Lipinski definition) is 1. The fraction of sp³-hybridized carbons (Fsp3) is 0.500. The molecule has 0 aliphatic carbocycles. The van der Waals surface area contributed by atoms with E-state index in [9.17, 15) is 14.0 Å². The molecule has 1 aromatic rings. The molecule has 0 spiro atoms. The number of piperidine rings is 1. The van der Waals surface area contributed by atoms with Crippen molar-refractivity contribution in [3.05, 3.63) is 30.1 Å². The van der Waals surface area contributed by atoms with E-state index in [2.05, 4.69) is 22.1 Å². The number of carbonyl (C=O) groups is 2. The lowest BCUT2D eigenvalue weighted by atomic mass is 10.1. The predicted octanol–water partition coefficient (Wildman–Crippen LogP) is 1.78. The van der Waals surface area contributed by atoms with E-state index < -0.39 is 5.92 Å². The van der Waals surface area contributed by atoms with Crippen molar-refractivity contribution in [1.29, 1.82) is 0 Å². The van der Waals surface area contributed by atoms with E-state index in [1.807, 2.05) is 0 Å². The predicted molar refractivity (Wildman–Crippen MR) is 97.9 cm³/mol. The molecule has 1 atom stereocenters. The van der Waals surface area contributed by atoms with Crippen molar-refractivity contribution in [2.24, 2.45) is 5.92 Å². The second-order valence-corrected chi connectivity index (χ2v) is 6.79. The van der Waals surface area contributed by atoms with Gasteiger partial charge in [0.15, 0.2) is 0 Å². The molecule has 0 bridgehead atoms. The van der Waals surface area contributed by atoms with Gasteiger partial charge in [0.2, 0.25) is 11.8 Å². The Morgan fingerprint density at radius 3 is 2.62 bits per heavy atom. The summed E-state index contributed by atoms with van der Waals surface area (Å²) < 4.78 is 13.0. The Labute approximate surface area is 153 Å². The van der Waals surface area contributed by atoms with E-state index >= 15 is 0 Å². The van der Waals surface area contributed by atoms with Gasteiger partial charge >= 0.3 is 0 Å². The lowest BCUT2D eigenvalue weighted by Crippen LogP contribution is -2.33. The third kappa shape index (κ3) is 4.83. The minimum Gasteiger partial charge on any atom is -0.345 e. The average molecular weight is 357 g/mol. The molecule has 2 aliphatic heterocycles. The van der Waals surface area contributed by atoms with E-state index in [0.29, 0.717) is 18.8 Å². The van der Waals surface area contributed by atoms with Gasteiger partial charge in [0.25, 0.3) is 0 Å². The largest absolute Gasteiger partial charge is 0.345 e. The number of carbonyl (C=O) groups excluding carboxylic acids is 2. The molecule has 138 valence electrons. The Kier molecular flexibility index (Phi) is 6.24. The van der Waals surface area contributed by atoms with E-state index in [1.54, 1.807) is 12.1 Å². The quantitative estimate of drug-likeness (QED) is 0.836. The summed E-state index contributed by atoms with van der Waals surface area (Å²) in [4.78, 5) is 28.3. The van der Waals surface area contributed by atoms with Crippen molar-refractivity contribution in [2.45, 2.75) is 25.7 Å². The first-order valence-corrected chi connectivity index (χ1v) is 9.15. The van der Waals surface area contributed by atoms with Crippen LogP contribution in [0.1, 0.15) is 25.7 Å². The zero-order valence-corrected chi connectivity index (χ0v) is 14.8. The van der Waals surface area contributed by atoms with Crippen LogP contribution in [0.2, 0.25) is 0 Å². The first-order valence-electron chi connectivity index (χ1n) is 9.15. The fourth-order valence-electron chi connectivity index (χ4n) is 3.38. The van der Waals surface area contributed by atoms with Crippen molar-refractivity contribution in [2.75, 3.05) is 37.6 Å². The summed E-state index contributed by atoms with van der Waals surface area (Å²) in [5, 5.41) is 2.79. The Morgan fingerprint density at radius 2 is 1.88 bits per heavy atom. The second kappa shape index (κ2) is 8.81. The zero-order chi connectivity index (χ0) is 18.4. The van der Waals surface area contributed by atoms with Gasteiger partial charge in [-0.2, -0.15) is 0 Å². The van der Waals surface area contributed by atoms with Crippen molar-refractivity contribution < 1.29 is 14.0 Å². The summed E-state index contributed by atoms with van der Waals surface area (Å²) in [5.41, 5.74) is 0.619. The molecule has 0 aromatic heterocycles. The Balaban J connectivity index is 1.44. The summed E-state index contributed by atoms with van der Waals surface area (Å²) in [7, 11) is 0. The highest BCUT2D eigenvalue weighted by atomic mass is 19.1. The summed E-state index contributed by atoms with van der Waals surface area (Å²) in [6.45, 7) is 3.57. The van der Waals surface area contributed by atoms with Gasteiger partial charge in [-0.15, -0.1) is 0 Å². The average Bonchev–Trinajstić information content (AvgIpc) is 3.05. The maximum absolute atomic E-state index is 13.0. The summed E-state index contributed by atoms with van der Waals surface area (Å²) in [6.07, 6.45) is 3.94. The van der Waals surface area contributed by atoms with Gasteiger partial charge < -0.3 is 10.2 Å². The molecule has 1 N–H and O–H groups in total. The van der Waals surface area contributed by atoms with Crippen LogP contribution in [0, 0.1) is 23.6 Å². The zero-order valence-electron chi connectivity index (χ0n) is 14.8. The number of hydrogen-bond acceptors (Lipinski definition) is 3. The van der Waals surface area contributed by atoms with Crippen molar-refractivity contribution in [3.8, 4) is 11.8 Å². The maximum Gasteiger partial charge on any atom is 0.227 e. The van der Waals surface area contributed by atoms with Gasteiger partial charge in [0.05, 0.1) is 19.0 Å². The van der Waals surface area contributed by atoms with Gasteiger partial charge in [-0.25, -0.2) is 4.39 Å². The molecule has 2 saturated heterocycles. The molecule has 0 radical (unpaired) electrons. The van der Waals surface area contributed by atoms with Crippen molar-refractivity contribution >= 4 is 17.5 Å². The molecule has 6 heteroatoms. The van der Waals surface area contributed by atoms with Gasteiger partial charge in [-0.05, 0) is 50.2 Å². The molecule has 2 heterocycles. The van der Waals surface area contributed by atoms with Crippen molar-refractivity contribution in [3.63, 3.8) is 0 Å². The molecule has 1 aromatic carbocycles. The smallest absolute Gasteiger partial charge is 0.227 e. The number of likely N-dealkylation sites (tertiary alicyclic amines) is 1. The normalized spacial score (nSPS) is 20.6. The SMILES string of the molecule is O=C(NCC#CCN1CCCCC1)[C@@H]1CC(=O)N(c2ccc(F)cc2)C1.